The van der Waals surface area contributed by atoms with Gasteiger partial charge in [-0.25, -0.2) is 4.98 Å². The Morgan fingerprint density at radius 2 is 2.16 bits per heavy atom. The highest BCUT2D eigenvalue weighted by Crippen LogP contribution is 2.32. The standard InChI is InChI=1S/C19H23NO4S/c1-4-14(17-11-25-12-20-17)9-24-18-8-6-5-7-15(18)16(10-23-3)13(2)19(21)22/h5-8,10-14H,4,9H2,1-3H3,(H,21,22)/b16-10+. The molecule has 1 aromatic carbocycles. The Balaban J connectivity index is 2.25. The van der Waals surface area contributed by atoms with Crippen LogP contribution in [0.15, 0.2) is 41.4 Å². The zero-order valence-electron chi connectivity index (χ0n) is 14.6. The Morgan fingerprint density at radius 3 is 2.76 bits per heavy atom. The van der Waals surface area contributed by atoms with Gasteiger partial charge in [-0.1, -0.05) is 25.1 Å². The molecule has 0 spiro atoms. The van der Waals surface area contributed by atoms with E-state index in [1.807, 2.05) is 35.2 Å². The number of nitrogens with zero attached hydrogens (tertiary/aromatic N) is 1. The Morgan fingerprint density at radius 1 is 1.40 bits per heavy atom. The summed E-state index contributed by atoms with van der Waals surface area (Å²) in [6.45, 7) is 4.22. The number of hydrogen-bond acceptors (Lipinski definition) is 5. The number of methoxy groups -OCH3 is 1. The minimum Gasteiger partial charge on any atom is -0.504 e. The van der Waals surface area contributed by atoms with Gasteiger partial charge in [-0.05, 0) is 19.4 Å². The predicted octanol–water partition coefficient (Wildman–Crippen LogP) is 4.42. The Bertz CT molecular complexity index is 712. The molecule has 0 saturated carbocycles. The van der Waals surface area contributed by atoms with Gasteiger partial charge in [0.25, 0.3) is 0 Å². The van der Waals surface area contributed by atoms with E-state index in [-0.39, 0.29) is 5.92 Å². The second kappa shape index (κ2) is 9.22. The summed E-state index contributed by atoms with van der Waals surface area (Å²) in [5.41, 5.74) is 4.15. The summed E-state index contributed by atoms with van der Waals surface area (Å²) in [7, 11) is 1.51. The van der Waals surface area contributed by atoms with Crippen LogP contribution < -0.4 is 4.74 Å². The second-order valence-electron chi connectivity index (χ2n) is 5.69. The largest absolute Gasteiger partial charge is 0.504 e. The normalized spacial score (nSPS) is 14.0. The van der Waals surface area contributed by atoms with E-state index in [1.54, 1.807) is 18.3 Å². The molecule has 0 fully saturated rings. The molecule has 1 N–H and O–H groups in total. The first-order chi connectivity index (χ1) is 12.1. The summed E-state index contributed by atoms with van der Waals surface area (Å²) in [6.07, 6.45) is 2.39. The first kappa shape index (κ1) is 19.0. The third kappa shape index (κ3) is 4.82. The average Bonchev–Trinajstić information content (AvgIpc) is 3.14. The highest BCUT2D eigenvalue weighted by Gasteiger charge is 2.22. The van der Waals surface area contributed by atoms with Crippen molar-refractivity contribution in [3.05, 3.63) is 52.7 Å². The molecule has 134 valence electrons. The summed E-state index contributed by atoms with van der Waals surface area (Å²) in [5.74, 6) is -0.768. The van der Waals surface area contributed by atoms with Crippen molar-refractivity contribution in [2.75, 3.05) is 13.7 Å². The van der Waals surface area contributed by atoms with Crippen LogP contribution in [0.1, 0.15) is 37.4 Å². The number of aromatic nitrogens is 1. The van der Waals surface area contributed by atoms with Crippen LogP contribution in [0.3, 0.4) is 0 Å². The molecule has 6 heteroatoms. The number of hydrogen-bond donors (Lipinski definition) is 1. The molecule has 25 heavy (non-hydrogen) atoms. The third-order valence-corrected chi connectivity index (χ3v) is 4.69. The van der Waals surface area contributed by atoms with Crippen LogP contribution in [0.5, 0.6) is 5.75 Å². The molecule has 0 aliphatic carbocycles. The third-order valence-electron chi connectivity index (χ3n) is 4.08. The van der Waals surface area contributed by atoms with Gasteiger partial charge in [0, 0.05) is 22.4 Å². The number of aliphatic carboxylic acids is 1. The van der Waals surface area contributed by atoms with Crippen molar-refractivity contribution < 1.29 is 19.4 Å². The van der Waals surface area contributed by atoms with Crippen LogP contribution in [0, 0.1) is 5.92 Å². The molecule has 2 atom stereocenters. The van der Waals surface area contributed by atoms with Crippen molar-refractivity contribution >= 4 is 22.9 Å². The topological polar surface area (TPSA) is 68.7 Å². The van der Waals surface area contributed by atoms with E-state index in [9.17, 15) is 9.90 Å². The number of para-hydroxylation sites is 1. The number of rotatable bonds is 9. The fourth-order valence-electron chi connectivity index (χ4n) is 2.52. The number of carboxylic acid groups (broad SMARTS) is 1. The smallest absolute Gasteiger partial charge is 0.310 e. The fourth-order valence-corrected chi connectivity index (χ4v) is 3.15. The maximum absolute atomic E-state index is 11.4. The second-order valence-corrected chi connectivity index (χ2v) is 6.41. The summed E-state index contributed by atoms with van der Waals surface area (Å²) in [4.78, 5) is 15.8. The molecule has 0 saturated heterocycles. The molecular weight excluding hydrogens is 338 g/mol. The maximum Gasteiger partial charge on any atom is 0.310 e. The minimum atomic E-state index is -0.910. The zero-order valence-corrected chi connectivity index (χ0v) is 15.5. The molecule has 5 nitrogen and oxygen atoms in total. The number of ether oxygens (including phenoxy) is 2. The summed E-state index contributed by atoms with van der Waals surface area (Å²) in [5, 5.41) is 11.4. The van der Waals surface area contributed by atoms with Crippen molar-refractivity contribution in [2.24, 2.45) is 5.92 Å². The lowest BCUT2D eigenvalue weighted by atomic mass is 9.94. The van der Waals surface area contributed by atoms with E-state index in [0.29, 0.717) is 17.9 Å². The Kier molecular flexibility index (Phi) is 7.01. The van der Waals surface area contributed by atoms with Crippen LogP contribution in [0.4, 0.5) is 0 Å². The van der Waals surface area contributed by atoms with Gasteiger partial charge in [0.15, 0.2) is 0 Å². The number of carbonyl (C=O) groups is 1. The lowest BCUT2D eigenvalue weighted by Gasteiger charge is -2.19. The summed E-state index contributed by atoms with van der Waals surface area (Å²) >= 11 is 1.57. The van der Waals surface area contributed by atoms with Crippen LogP contribution in [-0.4, -0.2) is 29.8 Å². The van der Waals surface area contributed by atoms with Gasteiger partial charge in [0.05, 0.1) is 37.1 Å². The summed E-state index contributed by atoms with van der Waals surface area (Å²) < 4.78 is 11.1. The van der Waals surface area contributed by atoms with E-state index in [0.717, 1.165) is 17.7 Å². The molecule has 1 heterocycles. The quantitative estimate of drug-likeness (QED) is 0.670. The molecule has 2 rings (SSSR count). The molecule has 0 bridgehead atoms. The Hall–Kier alpha value is -2.34. The van der Waals surface area contributed by atoms with Gasteiger partial charge in [0.2, 0.25) is 0 Å². The van der Waals surface area contributed by atoms with Gasteiger partial charge >= 0.3 is 5.97 Å². The van der Waals surface area contributed by atoms with Gasteiger partial charge in [0.1, 0.15) is 5.75 Å². The van der Waals surface area contributed by atoms with Gasteiger partial charge in [-0.15, -0.1) is 11.3 Å². The molecule has 2 unspecified atom stereocenters. The number of thiazole rings is 1. The first-order valence-corrected chi connectivity index (χ1v) is 9.08. The van der Waals surface area contributed by atoms with Crippen LogP contribution in [-0.2, 0) is 9.53 Å². The van der Waals surface area contributed by atoms with E-state index >= 15 is 0 Å². The molecule has 0 radical (unpaired) electrons. The molecule has 2 aromatic rings. The van der Waals surface area contributed by atoms with Crippen molar-refractivity contribution in [2.45, 2.75) is 26.2 Å². The predicted molar refractivity (Wildman–Crippen MR) is 98.9 cm³/mol. The Labute approximate surface area is 151 Å². The van der Waals surface area contributed by atoms with Crippen LogP contribution >= 0.6 is 11.3 Å². The molecule has 0 aliphatic heterocycles. The van der Waals surface area contributed by atoms with Crippen molar-refractivity contribution in [3.63, 3.8) is 0 Å². The number of benzene rings is 1. The van der Waals surface area contributed by atoms with E-state index in [2.05, 4.69) is 11.9 Å². The molecule has 0 aliphatic rings. The van der Waals surface area contributed by atoms with Gasteiger partial charge in [-0.3, -0.25) is 4.79 Å². The highest BCUT2D eigenvalue weighted by atomic mass is 32.1. The molecule has 1 aromatic heterocycles. The number of carboxylic acids is 1. The van der Waals surface area contributed by atoms with Crippen molar-refractivity contribution in [1.29, 1.82) is 0 Å². The van der Waals surface area contributed by atoms with Crippen LogP contribution in [0.2, 0.25) is 0 Å². The summed E-state index contributed by atoms with van der Waals surface area (Å²) in [6, 6.07) is 7.43. The molecule has 0 amide bonds. The van der Waals surface area contributed by atoms with Crippen molar-refractivity contribution in [3.8, 4) is 5.75 Å². The molecular formula is C19H23NO4S. The lowest BCUT2D eigenvalue weighted by Crippen LogP contribution is -2.14. The van der Waals surface area contributed by atoms with E-state index < -0.39 is 11.9 Å². The monoisotopic (exact) mass is 361 g/mol. The van der Waals surface area contributed by atoms with Gasteiger partial charge < -0.3 is 14.6 Å². The maximum atomic E-state index is 11.4. The zero-order chi connectivity index (χ0) is 18.2. The average molecular weight is 361 g/mol. The minimum absolute atomic E-state index is 0.200. The SMILES string of the molecule is CCC(COc1ccccc1/C(=C/OC)C(C)C(=O)O)c1cscn1. The van der Waals surface area contributed by atoms with E-state index in [1.165, 1.54) is 13.4 Å². The lowest BCUT2D eigenvalue weighted by molar-refractivity contribution is -0.139. The van der Waals surface area contributed by atoms with Crippen molar-refractivity contribution in [1.82, 2.24) is 4.98 Å². The van der Waals surface area contributed by atoms with Gasteiger partial charge in [-0.2, -0.15) is 0 Å². The van der Waals surface area contributed by atoms with E-state index in [4.69, 9.17) is 9.47 Å². The fraction of sp³-hybridized carbons (Fsp3) is 0.368. The highest BCUT2D eigenvalue weighted by molar-refractivity contribution is 7.07. The first-order valence-electron chi connectivity index (χ1n) is 8.14. The van der Waals surface area contributed by atoms with Crippen LogP contribution in [0.25, 0.3) is 5.57 Å².